The van der Waals surface area contributed by atoms with E-state index in [1.54, 1.807) is 0 Å². The quantitative estimate of drug-likeness (QED) is 0.465. The van der Waals surface area contributed by atoms with Crippen LogP contribution >= 0.6 is 11.6 Å². The molecule has 1 aromatic carbocycles. The maximum atomic E-state index is 10.7. The van der Waals surface area contributed by atoms with Gasteiger partial charge in [0.2, 0.25) is 0 Å². The first-order chi connectivity index (χ1) is 8.00. The lowest BCUT2D eigenvalue weighted by molar-refractivity contribution is -0.383. The van der Waals surface area contributed by atoms with E-state index < -0.39 is 10.9 Å². The Bertz CT molecular complexity index is 436. The molecule has 2 N–H and O–H groups in total. The van der Waals surface area contributed by atoms with Crippen LogP contribution in [-0.2, 0) is 4.79 Å². The Balaban J connectivity index is 2.64. The van der Waals surface area contributed by atoms with Gasteiger partial charge in [-0.25, -0.2) is 0 Å². The van der Waals surface area contributed by atoms with E-state index in [1.807, 2.05) is 0 Å². The van der Waals surface area contributed by atoms with Gasteiger partial charge in [-0.3, -0.25) is 14.9 Å². The van der Waals surface area contributed by atoms with Gasteiger partial charge in [0.15, 0.2) is 0 Å². The van der Waals surface area contributed by atoms with E-state index in [2.05, 4.69) is 5.32 Å². The van der Waals surface area contributed by atoms with E-state index >= 15 is 0 Å². The predicted molar refractivity (Wildman–Crippen MR) is 63.5 cm³/mol. The van der Waals surface area contributed by atoms with Crippen molar-refractivity contribution in [1.82, 2.24) is 0 Å². The second-order valence-electron chi connectivity index (χ2n) is 3.34. The summed E-state index contributed by atoms with van der Waals surface area (Å²) >= 11 is 5.65. The molecule has 0 spiro atoms. The van der Waals surface area contributed by atoms with Gasteiger partial charge in [0.05, 0.1) is 4.92 Å². The molecule has 0 aliphatic rings. The number of halogens is 1. The number of rotatable bonds is 6. The summed E-state index contributed by atoms with van der Waals surface area (Å²) in [6.07, 6.45) is 0.420. The van der Waals surface area contributed by atoms with Crippen molar-refractivity contribution < 1.29 is 14.8 Å². The van der Waals surface area contributed by atoms with Crippen LogP contribution in [0.2, 0.25) is 5.02 Å². The number of nitrogens with one attached hydrogen (secondary N) is 1. The number of nitro groups is 1. The van der Waals surface area contributed by atoms with Gasteiger partial charge in [-0.05, 0) is 18.6 Å². The zero-order chi connectivity index (χ0) is 12.8. The molecule has 0 radical (unpaired) electrons. The molecule has 92 valence electrons. The van der Waals surface area contributed by atoms with Gasteiger partial charge in [-0.1, -0.05) is 11.6 Å². The molecule has 0 heterocycles. The number of hydrogen-bond donors (Lipinski definition) is 2. The normalized spacial score (nSPS) is 9.94. The minimum atomic E-state index is -0.891. The average molecular weight is 259 g/mol. The Morgan fingerprint density at radius 1 is 1.53 bits per heavy atom. The lowest BCUT2D eigenvalue weighted by Crippen LogP contribution is -2.06. The summed E-state index contributed by atoms with van der Waals surface area (Å²) in [6.45, 7) is 0.356. The minimum Gasteiger partial charge on any atom is -0.481 e. The molecule has 0 amide bonds. The second kappa shape index (κ2) is 6.05. The van der Waals surface area contributed by atoms with Crippen molar-refractivity contribution >= 4 is 28.9 Å². The van der Waals surface area contributed by atoms with Gasteiger partial charge in [0.25, 0.3) is 5.69 Å². The van der Waals surface area contributed by atoms with E-state index in [-0.39, 0.29) is 17.1 Å². The zero-order valence-electron chi connectivity index (χ0n) is 8.85. The molecule has 17 heavy (non-hydrogen) atoms. The summed E-state index contributed by atoms with van der Waals surface area (Å²) in [6, 6.07) is 4.29. The largest absolute Gasteiger partial charge is 0.481 e. The Morgan fingerprint density at radius 3 is 2.82 bits per heavy atom. The smallest absolute Gasteiger partial charge is 0.303 e. The molecule has 0 unspecified atom stereocenters. The number of nitro benzene ring substituents is 1. The van der Waals surface area contributed by atoms with Crippen molar-refractivity contribution in [2.24, 2.45) is 0 Å². The van der Waals surface area contributed by atoms with Gasteiger partial charge in [-0.15, -0.1) is 0 Å². The number of carbonyl (C=O) groups is 1. The van der Waals surface area contributed by atoms with Gasteiger partial charge in [0, 0.05) is 24.1 Å². The highest BCUT2D eigenvalue weighted by molar-refractivity contribution is 6.30. The Morgan fingerprint density at radius 2 is 2.24 bits per heavy atom. The first-order valence-corrected chi connectivity index (χ1v) is 5.28. The van der Waals surface area contributed by atoms with E-state index in [0.717, 1.165) is 0 Å². The van der Waals surface area contributed by atoms with Crippen molar-refractivity contribution in [2.75, 3.05) is 11.9 Å². The number of benzene rings is 1. The van der Waals surface area contributed by atoms with Crippen LogP contribution in [-0.4, -0.2) is 22.5 Å². The molecule has 1 rings (SSSR count). The summed E-state index contributed by atoms with van der Waals surface area (Å²) in [5.41, 5.74) is 0.220. The Kier molecular flexibility index (Phi) is 4.71. The fourth-order valence-corrected chi connectivity index (χ4v) is 1.43. The highest BCUT2D eigenvalue weighted by atomic mass is 35.5. The first-order valence-electron chi connectivity index (χ1n) is 4.90. The summed E-state index contributed by atoms with van der Waals surface area (Å²) < 4.78 is 0. The first kappa shape index (κ1) is 13.2. The molecule has 0 fully saturated rings. The van der Waals surface area contributed by atoms with Crippen LogP contribution in [0.5, 0.6) is 0 Å². The molecule has 7 heteroatoms. The van der Waals surface area contributed by atoms with Gasteiger partial charge >= 0.3 is 5.97 Å². The number of aliphatic carboxylic acids is 1. The molecule has 6 nitrogen and oxygen atoms in total. The highest BCUT2D eigenvalue weighted by Gasteiger charge is 2.13. The molecule has 0 aliphatic carbocycles. The molecule has 0 atom stereocenters. The van der Waals surface area contributed by atoms with E-state index in [4.69, 9.17) is 16.7 Å². The summed E-state index contributed by atoms with van der Waals surface area (Å²) in [4.78, 5) is 20.5. The second-order valence-corrected chi connectivity index (χ2v) is 3.78. The average Bonchev–Trinajstić information content (AvgIpc) is 2.25. The van der Waals surface area contributed by atoms with Crippen LogP contribution in [0.25, 0.3) is 0 Å². The van der Waals surface area contributed by atoms with Crippen LogP contribution in [0.3, 0.4) is 0 Å². The van der Waals surface area contributed by atoms with Gasteiger partial charge < -0.3 is 10.4 Å². The standard InChI is InChI=1S/C10H11ClN2O4/c11-7-3-4-8(9(6-7)13(16)17)12-5-1-2-10(14)15/h3-4,6,12H,1-2,5H2,(H,14,15). The maximum Gasteiger partial charge on any atom is 0.303 e. The van der Waals surface area contributed by atoms with E-state index in [0.29, 0.717) is 18.7 Å². The lowest BCUT2D eigenvalue weighted by atomic mass is 10.2. The van der Waals surface area contributed by atoms with E-state index in [1.165, 1.54) is 18.2 Å². The van der Waals surface area contributed by atoms with Gasteiger partial charge in [0.1, 0.15) is 5.69 Å². The van der Waals surface area contributed by atoms with Crippen LogP contribution in [0, 0.1) is 10.1 Å². The Labute approximate surface area is 102 Å². The molecule has 0 saturated heterocycles. The molecule has 1 aromatic rings. The fraction of sp³-hybridized carbons (Fsp3) is 0.300. The zero-order valence-corrected chi connectivity index (χ0v) is 9.61. The molecule has 0 aliphatic heterocycles. The Hall–Kier alpha value is -1.82. The summed E-state index contributed by atoms with van der Waals surface area (Å²) in [7, 11) is 0. The van der Waals surface area contributed by atoms with Crippen LogP contribution in [0.4, 0.5) is 11.4 Å². The van der Waals surface area contributed by atoms with Crippen molar-refractivity contribution in [1.29, 1.82) is 0 Å². The van der Waals surface area contributed by atoms with Crippen LogP contribution < -0.4 is 5.32 Å². The highest BCUT2D eigenvalue weighted by Crippen LogP contribution is 2.27. The minimum absolute atomic E-state index is 0.0222. The number of nitrogens with zero attached hydrogens (tertiary/aromatic N) is 1. The SMILES string of the molecule is O=C(O)CCCNc1ccc(Cl)cc1[N+](=O)[O-]. The summed E-state index contributed by atoms with van der Waals surface area (Å²) in [5.74, 6) is -0.891. The van der Waals surface area contributed by atoms with E-state index in [9.17, 15) is 14.9 Å². The molecular weight excluding hydrogens is 248 g/mol. The molecular formula is C10H11ClN2O4. The number of anilines is 1. The molecule has 0 aromatic heterocycles. The third-order valence-corrected chi connectivity index (χ3v) is 2.27. The number of hydrogen-bond acceptors (Lipinski definition) is 4. The lowest BCUT2D eigenvalue weighted by Gasteiger charge is -2.06. The fourth-order valence-electron chi connectivity index (χ4n) is 1.27. The number of carboxylic acid groups (broad SMARTS) is 1. The van der Waals surface area contributed by atoms with Gasteiger partial charge in [-0.2, -0.15) is 0 Å². The number of carboxylic acids is 1. The van der Waals surface area contributed by atoms with Crippen LogP contribution in [0.1, 0.15) is 12.8 Å². The third-order valence-electron chi connectivity index (χ3n) is 2.04. The summed E-state index contributed by atoms with van der Waals surface area (Å²) in [5, 5.41) is 22.3. The topological polar surface area (TPSA) is 92.5 Å². The maximum absolute atomic E-state index is 10.7. The van der Waals surface area contributed by atoms with Crippen LogP contribution in [0.15, 0.2) is 18.2 Å². The molecule has 0 saturated carbocycles. The monoisotopic (exact) mass is 258 g/mol. The van der Waals surface area contributed by atoms with Crippen molar-refractivity contribution in [2.45, 2.75) is 12.8 Å². The predicted octanol–water partition coefficient (Wildman–Crippen LogP) is 2.52. The van der Waals surface area contributed by atoms with Crippen molar-refractivity contribution in [3.05, 3.63) is 33.3 Å². The third kappa shape index (κ3) is 4.28. The van der Waals surface area contributed by atoms with Crippen molar-refractivity contribution in [3.8, 4) is 0 Å². The molecule has 0 bridgehead atoms. The van der Waals surface area contributed by atoms with Crippen molar-refractivity contribution in [3.63, 3.8) is 0 Å².